The molecule has 0 radical (unpaired) electrons. The molecule has 0 aliphatic carbocycles. The van der Waals surface area contributed by atoms with Crippen molar-refractivity contribution in [1.82, 2.24) is 0 Å². The summed E-state index contributed by atoms with van der Waals surface area (Å²) in [7, 11) is 0. The van der Waals surface area contributed by atoms with E-state index in [0.717, 1.165) is 0 Å². The number of halogens is 9. The summed E-state index contributed by atoms with van der Waals surface area (Å²) in [5.74, 6) is 0. The van der Waals surface area contributed by atoms with E-state index >= 15 is 0 Å². The van der Waals surface area contributed by atoms with Gasteiger partial charge in [-0.05, 0) is 0 Å². The molecule has 0 N–H and O–H groups in total. The molecule has 0 saturated carbocycles. The molecule has 1 heterocycles. The Hall–Kier alpha value is -1.17. The summed E-state index contributed by atoms with van der Waals surface area (Å²) in [6.45, 7) is 0. The summed E-state index contributed by atoms with van der Waals surface area (Å²) in [5.41, 5.74) is 0. The molecule has 108 valence electrons. The maximum atomic E-state index is 12.7. The molecule has 1 unspecified atom stereocenters. The monoisotopic (exact) mass is 294 g/mol. The minimum atomic E-state index is -5.13. The average molecular weight is 294 g/mol. The van der Waals surface area contributed by atoms with E-state index in [1.165, 1.54) is 0 Å². The zero-order valence-corrected chi connectivity index (χ0v) is 7.81. The molecule has 0 aromatic heterocycles. The van der Waals surface area contributed by atoms with Crippen molar-refractivity contribution in [3.63, 3.8) is 0 Å². The molecule has 1 saturated heterocycles. The lowest BCUT2D eigenvalue weighted by Gasteiger charge is -2.22. The highest BCUT2D eigenvalue weighted by Crippen LogP contribution is 2.47. The van der Waals surface area contributed by atoms with E-state index in [-0.39, 0.29) is 4.70 Å². The van der Waals surface area contributed by atoms with Gasteiger partial charge in [-0.2, -0.15) is 26.3 Å². The zero-order chi connectivity index (χ0) is 13.5. The molecular formula is C6H3F9O3. The molecule has 1 atom stereocenters. The van der Waals surface area contributed by atoms with Crippen molar-refractivity contribution in [2.45, 2.75) is 24.6 Å². The second kappa shape index (κ2) is 4.84. The van der Waals surface area contributed by atoms with Crippen molar-refractivity contribution in [3.8, 4) is 0 Å². The standard InChI is InChI=1S/C6H2F8O3.FH/c7-2(8)1-15-4(9,10)3-5(11,12)17-6(13,14)16-3;/h1,3H;1H. The van der Waals surface area contributed by atoms with Gasteiger partial charge in [-0.15, -0.1) is 8.78 Å². The lowest BCUT2D eigenvalue weighted by molar-refractivity contribution is -0.386. The van der Waals surface area contributed by atoms with Crippen LogP contribution in [0.15, 0.2) is 12.3 Å². The SMILES string of the molecule is F.FC(F)=COC(F)(F)C1OC(F)(F)OC1(F)F. The predicted molar refractivity (Wildman–Crippen MR) is 34.7 cm³/mol. The van der Waals surface area contributed by atoms with Gasteiger partial charge >= 0.3 is 24.6 Å². The molecule has 1 aliphatic rings. The van der Waals surface area contributed by atoms with Crippen LogP contribution in [-0.2, 0) is 14.2 Å². The fourth-order valence-corrected chi connectivity index (χ4v) is 0.891. The van der Waals surface area contributed by atoms with E-state index in [2.05, 4.69) is 14.2 Å². The minimum Gasteiger partial charge on any atom is -0.433 e. The van der Waals surface area contributed by atoms with Crippen molar-refractivity contribution in [1.29, 1.82) is 0 Å². The van der Waals surface area contributed by atoms with Gasteiger partial charge in [-0.1, -0.05) is 0 Å². The van der Waals surface area contributed by atoms with Crippen LogP contribution >= 0.6 is 0 Å². The topological polar surface area (TPSA) is 27.7 Å². The van der Waals surface area contributed by atoms with Gasteiger partial charge in [0.2, 0.25) is 0 Å². The third kappa shape index (κ3) is 3.66. The van der Waals surface area contributed by atoms with E-state index in [4.69, 9.17) is 0 Å². The first-order valence-electron chi connectivity index (χ1n) is 3.67. The first-order chi connectivity index (χ1) is 7.46. The lowest BCUT2D eigenvalue weighted by Crippen LogP contribution is -2.46. The third-order valence-electron chi connectivity index (χ3n) is 1.43. The number of hydrogen-bond donors (Lipinski definition) is 0. The van der Waals surface area contributed by atoms with Gasteiger partial charge in [0.05, 0.1) is 0 Å². The normalized spacial score (nSPS) is 25.2. The Balaban J connectivity index is 0.00000289. The molecule has 1 aliphatic heterocycles. The molecule has 1 fully saturated rings. The minimum absolute atomic E-state index is 0. The quantitative estimate of drug-likeness (QED) is 0.591. The van der Waals surface area contributed by atoms with Crippen LogP contribution in [0, 0.1) is 0 Å². The van der Waals surface area contributed by atoms with Crippen LogP contribution in [0.4, 0.5) is 39.8 Å². The van der Waals surface area contributed by atoms with Crippen LogP contribution in [0.25, 0.3) is 0 Å². The highest BCUT2D eigenvalue weighted by Gasteiger charge is 2.71. The van der Waals surface area contributed by atoms with Gasteiger partial charge in [-0.25, -0.2) is 4.74 Å². The molecule has 0 amide bonds. The molecular weight excluding hydrogens is 291 g/mol. The van der Waals surface area contributed by atoms with Crippen molar-refractivity contribution in [3.05, 3.63) is 12.3 Å². The van der Waals surface area contributed by atoms with E-state index in [1.807, 2.05) is 0 Å². The van der Waals surface area contributed by atoms with Gasteiger partial charge in [0.1, 0.15) is 0 Å². The van der Waals surface area contributed by atoms with Gasteiger partial charge in [0.25, 0.3) is 6.10 Å². The van der Waals surface area contributed by atoms with Crippen LogP contribution in [0.2, 0.25) is 0 Å². The number of hydrogen-bond acceptors (Lipinski definition) is 3. The fraction of sp³-hybridized carbons (Fsp3) is 0.667. The molecule has 0 aromatic carbocycles. The lowest BCUT2D eigenvalue weighted by atomic mass is 10.3. The molecule has 12 heteroatoms. The van der Waals surface area contributed by atoms with Gasteiger partial charge in [0.15, 0.2) is 6.26 Å². The van der Waals surface area contributed by atoms with Crippen molar-refractivity contribution in [2.75, 3.05) is 0 Å². The Kier molecular flexibility index (Phi) is 4.52. The van der Waals surface area contributed by atoms with Crippen LogP contribution in [0.5, 0.6) is 0 Å². The molecule has 0 bridgehead atoms. The number of alkyl halides is 6. The average Bonchev–Trinajstić information content (AvgIpc) is 2.31. The van der Waals surface area contributed by atoms with Crippen molar-refractivity contribution in [2.24, 2.45) is 0 Å². The smallest absolute Gasteiger partial charge is 0.433 e. The first kappa shape index (κ1) is 16.8. The second-order valence-electron chi connectivity index (χ2n) is 2.71. The Labute approximate surface area is 92.3 Å². The molecule has 18 heavy (non-hydrogen) atoms. The molecule has 3 nitrogen and oxygen atoms in total. The summed E-state index contributed by atoms with van der Waals surface area (Å²) in [6, 6.07) is 0. The summed E-state index contributed by atoms with van der Waals surface area (Å²) in [4.78, 5) is 0. The highest BCUT2D eigenvalue weighted by molar-refractivity contribution is 4.85. The summed E-state index contributed by atoms with van der Waals surface area (Å²) < 4.78 is 106. The largest absolute Gasteiger partial charge is 0.491 e. The van der Waals surface area contributed by atoms with E-state index in [0.29, 0.717) is 0 Å². The highest BCUT2D eigenvalue weighted by atomic mass is 19.3. The van der Waals surface area contributed by atoms with E-state index < -0.39 is 37.0 Å². The number of ether oxygens (including phenoxy) is 3. The van der Waals surface area contributed by atoms with Gasteiger partial charge < -0.3 is 4.74 Å². The Morgan fingerprint density at radius 2 is 1.67 bits per heavy atom. The van der Waals surface area contributed by atoms with Crippen LogP contribution in [-0.4, -0.2) is 24.6 Å². The maximum absolute atomic E-state index is 12.7. The molecule has 0 aromatic rings. The van der Waals surface area contributed by atoms with Crippen LogP contribution in [0.1, 0.15) is 0 Å². The van der Waals surface area contributed by atoms with Gasteiger partial charge in [0, 0.05) is 0 Å². The zero-order valence-electron chi connectivity index (χ0n) is 7.81. The van der Waals surface area contributed by atoms with E-state index in [1.54, 1.807) is 0 Å². The van der Waals surface area contributed by atoms with Crippen LogP contribution in [0.3, 0.4) is 0 Å². The Morgan fingerprint density at radius 1 is 1.17 bits per heavy atom. The van der Waals surface area contributed by atoms with Crippen molar-refractivity contribution >= 4 is 0 Å². The summed E-state index contributed by atoms with van der Waals surface area (Å²) >= 11 is 0. The fourth-order valence-electron chi connectivity index (χ4n) is 0.891. The van der Waals surface area contributed by atoms with Gasteiger partial charge in [-0.3, -0.25) is 9.44 Å². The first-order valence-corrected chi connectivity index (χ1v) is 3.67. The Bertz CT molecular complexity index is 324. The van der Waals surface area contributed by atoms with Crippen LogP contribution < -0.4 is 0 Å². The summed E-state index contributed by atoms with van der Waals surface area (Å²) in [5, 5.41) is 0. The molecule has 1 rings (SSSR count). The second-order valence-corrected chi connectivity index (χ2v) is 2.71. The number of rotatable bonds is 3. The van der Waals surface area contributed by atoms with Crippen molar-refractivity contribution < 1.29 is 54.0 Å². The maximum Gasteiger partial charge on any atom is 0.491 e. The molecule has 0 spiro atoms. The predicted octanol–water partition coefficient (Wildman–Crippen LogP) is 3.04. The van der Waals surface area contributed by atoms with E-state index in [9.17, 15) is 35.1 Å². The summed E-state index contributed by atoms with van der Waals surface area (Å²) in [6.07, 6.45) is -22.7. The third-order valence-corrected chi connectivity index (χ3v) is 1.43. The Morgan fingerprint density at radius 3 is 2.00 bits per heavy atom.